The molecule has 2 N–H and O–H groups in total. The molecule has 0 radical (unpaired) electrons. The van der Waals surface area contributed by atoms with Gasteiger partial charge in [-0.2, -0.15) is 0 Å². The number of anilines is 2. The second kappa shape index (κ2) is 13.6. The zero-order valence-corrected chi connectivity index (χ0v) is 26.5. The number of imide groups is 1. The number of thioether (sulfide) groups is 1. The van der Waals surface area contributed by atoms with Crippen LogP contribution in [0.2, 0.25) is 5.02 Å². The quantitative estimate of drug-likeness (QED) is 0.155. The van der Waals surface area contributed by atoms with Gasteiger partial charge in [0, 0.05) is 40.1 Å². The van der Waals surface area contributed by atoms with Gasteiger partial charge < -0.3 is 29.4 Å². The summed E-state index contributed by atoms with van der Waals surface area (Å²) in [5, 5.41) is 5.77. The molecular formula is C33H27ClN4O8S. The topological polar surface area (TPSA) is 145 Å². The molecule has 6 rings (SSSR count). The first-order chi connectivity index (χ1) is 22.7. The summed E-state index contributed by atoms with van der Waals surface area (Å²) < 4.78 is 17.6. The largest absolute Gasteiger partial charge is 0.462 e. The molecule has 12 nitrogen and oxygen atoms in total. The molecule has 1 aromatic heterocycles. The summed E-state index contributed by atoms with van der Waals surface area (Å²) in [7, 11) is 0. The van der Waals surface area contributed by atoms with Crippen molar-refractivity contribution in [3.63, 3.8) is 0 Å². The fraction of sp³-hybridized carbons (Fsp3) is 0.182. The molecule has 4 aromatic rings. The standard InChI is InChI=1S/C33H27ClN4O8S/c1-2-11-44-32(42)23-13-20(7-9-24(23)34)35-30(40)17-38-31(41)28(47-33(38)43)12-19-15-37(25-6-4-3-5-22(19)25)16-29(39)36-21-8-10-26-27(14-21)46-18-45-26/h3-10,12-15H,2,11,16-18H2,1H3,(H,35,40)(H,36,39)/b28-12-. The van der Waals surface area contributed by atoms with Crippen LogP contribution >= 0.6 is 23.4 Å². The van der Waals surface area contributed by atoms with Gasteiger partial charge in [-0.15, -0.1) is 0 Å². The van der Waals surface area contributed by atoms with Gasteiger partial charge >= 0.3 is 5.97 Å². The minimum atomic E-state index is -0.645. The van der Waals surface area contributed by atoms with E-state index < -0.39 is 29.6 Å². The molecule has 1 saturated heterocycles. The Morgan fingerprint density at radius 1 is 0.957 bits per heavy atom. The van der Waals surface area contributed by atoms with Gasteiger partial charge in [0.2, 0.25) is 18.6 Å². The van der Waals surface area contributed by atoms with Crippen LogP contribution in [0.15, 0.2) is 71.8 Å². The number of carbonyl (C=O) groups excluding carboxylic acids is 5. The Hall–Kier alpha value is -5.27. The normalized spacial score (nSPS) is 14.6. The molecule has 0 aliphatic carbocycles. The van der Waals surface area contributed by atoms with E-state index in [4.69, 9.17) is 25.8 Å². The molecule has 2 aliphatic heterocycles. The Morgan fingerprint density at radius 2 is 1.68 bits per heavy atom. The van der Waals surface area contributed by atoms with Gasteiger partial charge in [0.05, 0.1) is 22.1 Å². The van der Waals surface area contributed by atoms with Gasteiger partial charge in [0.15, 0.2) is 11.5 Å². The van der Waals surface area contributed by atoms with Crippen LogP contribution < -0.4 is 20.1 Å². The summed E-state index contributed by atoms with van der Waals surface area (Å²) in [6.07, 6.45) is 3.94. The van der Waals surface area contributed by atoms with E-state index in [1.54, 1.807) is 35.0 Å². The van der Waals surface area contributed by atoms with Gasteiger partial charge in [-0.3, -0.25) is 24.1 Å². The summed E-state index contributed by atoms with van der Waals surface area (Å²) in [6, 6.07) is 16.8. The number of hydrogen-bond acceptors (Lipinski definition) is 9. The Labute approximate surface area is 277 Å². The number of rotatable bonds is 10. The molecule has 0 spiro atoms. The van der Waals surface area contributed by atoms with E-state index >= 15 is 0 Å². The van der Waals surface area contributed by atoms with Crippen LogP contribution in [0, 0.1) is 0 Å². The van der Waals surface area contributed by atoms with Gasteiger partial charge in [-0.1, -0.05) is 36.7 Å². The molecule has 0 bridgehead atoms. The van der Waals surface area contributed by atoms with Crippen LogP contribution in [0.3, 0.4) is 0 Å². The van der Waals surface area contributed by atoms with Crippen molar-refractivity contribution in [3.8, 4) is 11.5 Å². The van der Waals surface area contributed by atoms with Crippen molar-refractivity contribution in [1.29, 1.82) is 0 Å². The highest BCUT2D eigenvalue weighted by Crippen LogP contribution is 2.35. The SMILES string of the molecule is CCCOC(=O)c1cc(NC(=O)CN2C(=O)S/C(=C\c3cn(CC(=O)Nc4ccc5c(c4)OCO5)c4ccccc34)C2=O)ccc1Cl. The Kier molecular flexibility index (Phi) is 9.18. The maximum absolute atomic E-state index is 13.3. The van der Waals surface area contributed by atoms with E-state index in [1.165, 1.54) is 18.2 Å². The Morgan fingerprint density at radius 3 is 2.49 bits per heavy atom. The predicted octanol–water partition coefficient (Wildman–Crippen LogP) is 5.90. The van der Waals surface area contributed by atoms with Crippen LogP contribution in [-0.4, -0.2) is 58.3 Å². The highest BCUT2D eigenvalue weighted by atomic mass is 35.5. The number of nitrogens with one attached hydrogen (secondary N) is 2. The number of para-hydroxylation sites is 1. The minimum absolute atomic E-state index is 0.0207. The van der Waals surface area contributed by atoms with E-state index in [2.05, 4.69) is 10.6 Å². The van der Waals surface area contributed by atoms with Crippen molar-refractivity contribution in [2.24, 2.45) is 0 Å². The van der Waals surface area contributed by atoms with Gasteiger partial charge in [0.25, 0.3) is 11.1 Å². The van der Waals surface area contributed by atoms with E-state index in [9.17, 15) is 24.0 Å². The smallest absolute Gasteiger partial charge is 0.339 e. The second-order valence-electron chi connectivity index (χ2n) is 10.5. The van der Waals surface area contributed by atoms with E-state index in [0.717, 1.165) is 15.8 Å². The second-order valence-corrected chi connectivity index (χ2v) is 11.9. The molecule has 0 saturated carbocycles. The number of carbonyl (C=O) groups is 5. The zero-order valence-electron chi connectivity index (χ0n) is 24.9. The number of ether oxygens (including phenoxy) is 3. The van der Waals surface area contributed by atoms with Crippen molar-refractivity contribution in [1.82, 2.24) is 9.47 Å². The van der Waals surface area contributed by atoms with Gasteiger partial charge in [0.1, 0.15) is 13.1 Å². The van der Waals surface area contributed by atoms with E-state index in [-0.39, 0.29) is 47.0 Å². The summed E-state index contributed by atoms with van der Waals surface area (Å²) in [5.41, 5.74) is 2.26. The van der Waals surface area contributed by atoms with Crippen LogP contribution in [-0.2, 0) is 25.7 Å². The number of esters is 1. The fourth-order valence-corrected chi connectivity index (χ4v) is 6.03. The lowest BCUT2D eigenvalue weighted by Crippen LogP contribution is -2.36. The predicted molar refractivity (Wildman–Crippen MR) is 176 cm³/mol. The third-order valence-electron chi connectivity index (χ3n) is 7.16. The van der Waals surface area contributed by atoms with Crippen molar-refractivity contribution in [3.05, 3.63) is 87.9 Å². The van der Waals surface area contributed by atoms with Crippen molar-refractivity contribution in [2.75, 3.05) is 30.6 Å². The van der Waals surface area contributed by atoms with Crippen molar-refractivity contribution >= 4 is 80.6 Å². The van der Waals surface area contributed by atoms with E-state index in [0.29, 0.717) is 40.9 Å². The molecular weight excluding hydrogens is 648 g/mol. The number of aromatic nitrogens is 1. The minimum Gasteiger partial charge on any atom is -0.462 e. The first-order valence-corrected chi connectivity index (χ1v) is 15.7. The lowest BCUT2D eigenvalue weighted by Gasteiger charge is -2.13. The Balaban J connectivity index is 1.14. The number of nitrogens with zero attached hydrogens (tertiary/aromatic N) is 2. The highest BCUT2D eigenvalue weighted by molar-refractivity contribution is 8.18. The monoisotopic (exact) mass is 674 g/mol. The first kappa shape index (κ1) is 31.7. The number of benzene rings is 3. The maximum atomic E-state index is 13.3. The van der Waals surface area contributed by atoms with Crippen molar-refractivity contribution in [2.45, 2.75) is 19.9 Å². The molecule has 0 unspecified atom stereocenters. The first-order valence-electron chi connectivity index (χ1n) is 14.5. The number of amides is 4. The molecule has 4 amide bonds. The zero-order chi connectivity index (χ0) is 33.1. The molecule has 47 heavy (non-hydrogen) atoms. The van der Waals surface area contributed by atoms with Crippen molar-refractivity contribution < 1.29 is 38.2 Å². The molecule has 3 heterocycles. The van der Waals surface area contributed by atoms with Crippen LogP contribution in [0.4, 0.5) is 16.2 Å². The highest BCUT2D eigenvalue weighted by Gasteiger charge is 2.36. The average Bonchev–Trinajstić information content (AvgIpc) is 3.73. The Bertz CT molecular complexity index is 1970. The van der Waals surface area contributed by atoms with Crippen LogP contribution in [0.25, 0.3) is 17.0 Å². The van der Waals surface area contributed by atoms with Crippen LogP contribution in [0.1, 0.15) is 29.3 Å². The lowest BCUT2D eigenvalue weighted by atomic mass is 10.1. The number of fused-ring (bicyclic) bond motifs is 2. The summed E-state index contributed by atoms with van der Waals surface area (Å²) in [5.74, 6) is -1.03. The molecule has 1 fully saturated rings. The lowest BCUT2D eigenvalue weighted by molar-refractivity contribution is -0.127. The molecule has 0 atom stereocenters. The third-order valence-corrected chi connectivity index (χ3v) is 8.40. The molecule has 240 valence electrons. The van der Waals surface area contributed by atoms with Gasteiger partial charge in [-0.05, 0) is 60.7 Å². The third kappa shape index (κ3) is 6.95. The summed E-state index contributed by atoms with van der Waals surface area (Å²) in [6.45, 7) is 1.64. The summed E-state index contributed by atoms with van der Waals surface area (Å²) in [4.78, 5) is 65.2. The molecule has 14 heteroatoms. The number of hydrogen-bond donors (Lipinski definition) is 2. The van der Waals surface area contributed by atoms with Crippen LogP contribution in [0.5, 0.6) is 11.5 Å². The maximum Gasteiger partial charge on any atom is 0.339 e. The molecule has 3 aromatic carbocycles. The number of halogens is 1. The van der Waals surface area contributed by atoms with E-state index in [1.807, 2.05) is 31.2 Å². The molecule has 2 aliphatic rings. The summed E-state index contributed by atoms with van der Waals surface area (Å²) >= 11 is 6.84. The van der Waals surface area contributed by atoms with Gasteiger partial charge in [-0.25, -0.2) is 4.79 Å². The average molecular weight is 675 g/mol. The fourth-order valence-electron chi connectivity index (χ4n) is 5.00.